The number of allylic oxidation sites excluding steroid dienone is 2. The molecule has 1 N–H and O–H groups in total. The van der Waals surface area contributed by atoms with Gasteiger partial charge in [-0.1, -0.05) is 29.5 Å². The van der Waals surface area contributed by atoms with E-state index in [1.807, 2.05) is 48.0 Å². The second kappa shape index (κ2) is 7.37. The molecule has 3 aromatic rings. The van der Waals surface area contributed by atoms with E-state index in [4.69, 9.17) is 0 Å². The van der Waals surface area contributed by atoms with Crippen molar-refractivity contribution in [3.8, 4) is 16.9 Å². The number of carbonyl (C=O) groups excluding carboxylic acids is 1. The molecule has 1 aromatic carbocycles. The van der Waals surface area contributed by atoms with E-state index < -0.39 is 6.04 Å². The van der Waals surface area contributed by atoms with Crippen molar-refractivity contribution in [3.05, 3.63) is 72.7 Å². The van der Waals surface area contributed by atoms with Gasteiger partial charge in [-0.2, -0.15) is 0 Å². The summed E-state index contributed by atoms with van der Waals surface area (Å²) < 4.78 is 17.7. The summed E-state index contributed by atoms with van der Waals surface area (Å²) in [5, 5.41) is 11.4. The maximum atomic E-state index is 14.2. The van der Waals surface area contributed by atoms with Crippen LogP contribution in [-0.4, -0.2) is 36.5 Å². The van der Waals surface area contributed by atoms with E-state index >= 15 is 0 Å². The number of hydrogen-bond donors (Lipinski definition) is 1. The van der Waals surface area contributed by atoms with Crippen molar-refractivity contribution in [2.45, 2.75) is 31.8 Å². The zero-order chi connectivity index (χ0) is 20.7. The molecule has 0 bridgehead atoms. The van der Waals surface area contributed by atoms with Gasteiger partial charge in [-0.15, -0.1) is 5.10 Å². The summed E-state index contributed by atoms with van der Waals surface area (Å²) >= 11 is 0. The Hall–Kier alpha value is -3.55. The Labute approximate surface area is 172 Å². The first kappa shape index (κ1) is 18.5. The highest BCUT2D eigenvalue weighted by Gasteiger charge is 2.35. The van der Waals surface area contributed by atoms with E-state index in [-0.39, 0.29) is 23.7 Å². The van der Waals surface area contributed by atoms with Crippen LogP contribution in [0, 0.1) is 12.8 Å². The van der Waals surface area contributed by atoms with E-state index in [9.17, 15) is 9.18 Å². The minimum absolute atomic E-state index is 0.163. The normalized spacial score (nSPS) is 23.5. The van der Waals surface area contributed by atoms with Crippen LogP contribution in [0.2, 0.25) is 0 Å². The third kappa shape index (κ3) is 3.34. The van der Waals surface area contributed by atoms with Gasteiger partial charge < -0.3 is 9.88 Å². The Morgan fingerprint density at radius 3 is 2.77 bits per heavy atom. The van der Waals surface area contributed by atoms with Crippen molar-refractivity contribution in [2.24, 2.45) is 5.92 Å². The van der Waals surface area contributed by atoms with Gasteiger partial charge >= 0.3 is 0 Å². The molecule has 0 spiro atoms. The number of benzene rings is 1. The highest BCUT2D eigenvalue weighted by Crippen LogP contribution is 2.32. The largest absolute Gasteiger partial charge is 0.347 e. The zero-order valence-electron chi connectivity index (χ0n) is 16.4. The molecule has 5 rings (SSSR count). The predicted octanol–water partition coefficient (Wildman–Crippen LogP) is 3.30. The molecule has 30 heavy (non-hydrogen) atoms. The molecule has 0 saturated carbocycles. The lowest BCUT2D eigenvalue weighted by Gasteiger charge is -2.23. The first-order valence-corrected chi connectivity index (χ1v) is 9.96. The molecule has 1 saturated heterocycles. The van der Waals surface area contributed by atoms with Gasteiger partial charge in [-0.05, 0) is 38.0 Å². The van der Waals surface area contributed by atoms with Crippen molar-refractivity contribution in [3.63, 3.8) is 0 Å². The molecule has 3 heterocycles. The molecule has 7 nitrogen and oxygen atoms in total. The highest BCUT2D eigenvalue weighted by atomic mass is 19.1. The first-order chi connectivity index (χ1) is 14.6. The number of aryl methyl sites for hydroxylation is 1. The van der Waals surface area contributed by atoms with Crippen LogP contribution in [0.4, 0.5) is 4.39 Å². The summed E-state index contributed by atoms with van der Waals surface area (Å²) in [6, 6.07) is 7.08. The lowest BCUT2D eigenvalue weighted by molar-refractivity contribution is -0.124. The second-order valence-electron chi connectivity index (χ2n) is 7.72. The summed E-state index contributed by atoms with van der Waals surface area (Å²) in [5.41, 5.74) is 3.54. The number of hydrogen-bond acceptors (Lipinski definition) is 4. The average Bonchev–Trinajstić information content (AvgIpc) is 3.36. The predicted molar refractivity (Wildman–Crippen MR) is 109 cm³/mol. The quantitative estimate of drug-likeness (QED) is 0.727. The number of imidazole rings is 1. The molecule has 1 aliphatic carbocycles. The van der Waals surface area contributed by atoms with Gasteiger partial charge in [0.15, 0.2) is 0 Å². The van der Waals surface area contributed by atoms with Crippen LogP contribution in [0.5, 0.6) is 0 Å². The summed E-state index contributed by atoms with van der Waals surface area (Å²) in [7, 11) is 0. The average molecular weight is 404 g/mol. The Bertz CT molecular complexity index is 1140. The molecule has 1 fully saturated rings. The molecule has 8 heteroatoms. The summed E-state index contributed by atoms with van der Waals surface area (Å²) in [4.78, 5) is 17.0. The van der Waals surface area contributed by atoms with Crippen LogP contribution in [0.25, 0.3) is 16.9 Å². The molecular weight excluding hydrogens is 383 g/mol. The van der Waals surface area contributed by atoms with Crippen molar-refractivity contribution in [1.29, 1.82) is 0 Å². The van der Waals surface area contributed by atoms with Gasteiger partial charge in [0.25, 0.3) is 0 Å². The fourth-order valence-electron chi connectivity index (χ4n) is 4.07. The Morgan fingerprint density at radius 1 is 1.17 bits per heavy atom. The Kier molecular flexibility index (Phi) is 4.54. The van der Waals surface area contributed by atoms with Crippen molar-refractivity contribution < 1.29 is 9.18 Å². The molecular formula is C22H21FN6O. The van der Waals surface area contributed by atoms with Gasteiger partial charge in [0.05, 0.1) is 24.3 Å². The van der Waals surface area contributed by atoms with Crippen LogP contribution in [0.15, 0.2) is 67.0 Å². The number of nitrogens with zero attached hydrogens (tertiary/aromatic N) is 5. The van der Waals surface area contributed by atoms with Crippen molar-refractivity contribution in [2.75, 3.05) is 0 Å². The van der Waals surface area contributed by atoms with Gasteiger partial charge in [0, 0.05) is 23.4 Å². The number of carbonyl (C=O) groups is 1. The van der Waals surface area contributed by atoms with Gasteiger partial charge in [0.1, 0.15) is 17.6 Å². The maximum absolute atomic E-state index is 14.2. The number of rotatable bonds is 3. The fraction of sp³-hybridized carbons (Fsp3) is 0.273. The molecule has 3 unspecified atom stereocenters. The van der Waals surface area contributed by atoms with Crippen molar-refractivity contribution in [1.82, 2.24) is 29.9 Å². The first-order valence-electron chi connectivity index (χ1n) is 9.96. The van der Waals surface area contributed by atoms with Gasteiger partial charge in [-0.25, -0.2) is 14.1 Å². The fourth-order valence-corrected chi connectivity index (χ4v) is 4.07. The third-order valence-electron chi connectivity index (χ3n) is 5.73. The molecule has 0 radical (unpaired) electrons. The van der Waals surface area contributed by atoms with Gasteiger partial charge in [0.2, 0.25) is 5.91 Å². The van der Waals surface area contributed by atoms with E-state index in [1.165, 1.54) is 6.08 Å². The molecule has 1 amide bonds. The summed E-state index contributed by atoms with van der Waals surface area (Å²) in [5.74, 6) is -0.661. The topological polar surface area (TPSA) is 77.6 Å². The molecule has 2 aliphatic rings. The van der Waals surface area contributed by atoms with E-state index in [0.29, 0.717) is 18.5 Å². The van der Waals surface area contributed by atoms with E-state index in [1.54, 1.807) is 23.3 Å². The highest BCUT2D eigenvalue weighted by molar-refractivity contribution is 5.81. The smallest absolute Gasteiger partial charge is 0.245 e. The monoisotopic (exact) mass is 404 g/mol. The number of amides is 1. The molecule has 3 atom stereocenters. The molecule has 152 valence electrons. The van der Waals surface area contributed by atoms with Crippen LogP contribution in [0.1, 0.15) is 24.6 Å². The van der Waals surface area contributed by atoms with Crippen LogP contribution >= 0.6 is 0 Å². The Balaban J connectivity index is 1.35. The van der Waals surface area contributed by atoms with Crippen LogP contribution in [-0.2, 0) is 4.79 Å². The number of aromatic nitrogens is 5. The number of nitrogens with one attached hydrogen (secondary N) is 1. The lowest BCUT2D eigenvalue weighted by Crippen LogP contribution is -2.40. The third-order valence-corrected chi connectivity index (χ3v) is 5.73. The zero-order valence-corrected chi connectivity index (χ0v) is 16.4. The van der Waals surface area contributed by atoms with Crippen LogP contribution < -0.4 is 5.32 Å². The van der Waals surface area contributed by atoms with E-state index in [2.05, 4.69) is 20.6 Å². The minimum Gasteiger partial charge on any atom is -0.347 e. The van der Waals surface area contributed by atoms with Gasteiger partial charge in [-0.3, -0.25) is 4.79 Å². The van der Waals surface area contributed by atoms with E-state index in [0.717, 1.165) is 16.9 Å². The number of fused-ring (bicyclic) bond motifs is 1. The lowest BCUT2D eigenvalue weighted by atomic mass is 9.90. The Morgan fingerprint density at radius 2 is 2.00 bits per heavy atom. The molecule has 1 aliphatic heterocycles. The van der Waals surface area contributed by atoms with Crippen LogP contribution in [0.3, 0.4) is 0 Å². The molecule has 2 aromatic heterocycles. The maximum Gasteiger partial charge on any atom is 0.245 e. The second-order valence-corrected chi connectivity index (χ2v) is 7.72. The summed E-state index contributed by atoms with van der Waals surface area (Å²) in [6.45, 7) is 1.95. The van der Waals surface area contributed by atoms with Crippen molar-refractivity contribution >= 4 is 5.91 Å². The minimum atomic E-state index is -0.508. The summed E-state index contributed by atoms with van der Waals surface area (Å²) in [6.07, 6.45) is 11.5. The standard InChI is InChI=1S/C22H21FN6O/c1-14-11-28(13-24-14)16-7-5-15(6-8-16)20-12-29(27-26-20)21-10-9-17-18(23)3-2-4-19(17)25-22(21)30/h2-8,11-13,17,19,21H,9-10H2,1H3,(H,25,30). The number of halogens is 1. The SMILES string of the molecule is Cc1cn(-c2ccc(-c3cn(C4CCC5C(F)=CC=CC5NC4=O)nn3)cc2)cn1.